The van der Waals surface area contributed by atoms with Gasteiger partial charge in [0.2, 0.25) is 0 Å². The van der Waals surface area contributed by atoms with Crippen molar-refractivity contribution in [2.45, 2.75) is 6.54 Å². The number of hydrogen-bond donors (Lipinski definition) is 2. The molecule has 6 nitrogen and oxygen atoms in total. The van der Waals surface area contributed by atoms with E-state index < -0.39 is 0 Å². The lowest BCUT2D eigenvalue weighted by Gasteiger charge is -2.11. The summed E-state index contributed by atoms with van der Waals surface area (Å²) in [5.74, 6) is 0.887. The van der Waals surface area contributed by atoms with Gasteiger partial charge in [0, 0.05) is 19.8 Å². The van der Waals surface area contributed by atoms with Crippen LogP contribution in [0, 0.1) is 0 Å². The second-order valence-electron chi connectivity index (χ2n) is 5.42. The molecule has 0 atom stereocenters. The lowest BCUT2D eigenvalue weighted by molar-refractivity contribution is -0.130. The van der Waals surface area contributed by atoms with Crippen LogP contribution in [-0.2, 0) is 11.3 Å². The van der Waals surface area contributed by atoms with Crippen LogP contribution in [0.5, 0.6) is 5.75 Å². The molecule has 7 heteroatoms. The molecule has 0 aliphatic rings. The Morgan fingerprint density at radius 1 is 1.16 bits per heavy atom. The first kappa shape index (κ1) is 20.8. The number of likely N-dealkylation sites (N-methyl/N-ethyl adjacent to an activating group) is 1. The summed E-state index contributed by atoms with van der Waals surface area (Å²) in [6.07, 6.45) is 0. The van der Waals surface area contributed by atoms with E-state index in [1.54, 1.807) is 14.1 Å². The number of nitrogens with two attached hydrogens (primary N) is 1. The van der Waals surface area contributed by atoms with Crippen LogP contribution in [0.25, 0.3) is 0 Å². The lowest BCUT2D eigenvalue weighted by Crippen LogP contribution is -2.27. The maximum absolute atomic E-state index is 11.5. The van der Waals surface area contributed by atoms with Gasteiger partial charge >= 0.3 is 0 Å². The molecule has 0 aliphatic heterocycles. The molecule has 2 aromatic carbocycles. The second kappa shape index (κ2) is 10.5. The minimum absolute atomic E-state index is 0. The van der Waals surface area contributed by atoms with Crippen LogP contribution in [0.3, 0.4) is 0 Å². The van der Waals surface area contributed by atoms with Gasteiger partial charge in [-0.05, 0) is 29.8 Å². The first-order chi connectivity index (χ1) is 11.5. The molecular formula is C18H23IN4O2. The molecule has 25 heavy (non-hydrogen) atoms. The minimum Gasteiger partial charge on any atom is -0.484 e. The Bertz CT molecular complexity index is 705. The molecule has 0 fully saturated rings. The molecule has 0 aromatic heterocycles. The number of aliphatic imine (C=N–C) groups is 1. The Labute approximate surface area is 165 Å². The predicted octanol–water partition coefficient (Wildman–Crippen LogP) is 2.70. The highest BCUT2D eigenvalue weighted by Gasteiger charge is 2.05. The number of nitrogens with one attached hydrogen (secondary N) is 1. The largest absolute Gasteiger partial charge is 0.484 e. The Morgan fingerprint density at radius 2 is 1.88 bits per heavy atom. The van der Waals surface area contributed by atoms with Crippen molar-refractivity contribution in [1.29, 1.82) is 0 Å². The quantitative estimate of drug-likeness (QED) is 0.400. The fraction of sp³-hybridized carbons (Fsp3) is 0.222. The molecule has 0 heterocycles. The van der Waals surface area contributed by atoms with E-state index in [1.165, 1.54) is 4.90 Å². The number of guanidine groups is 1. The summed E-state index contributed by atoms with van der Waals surface area (Å²) in [6, 6.07) is 17.1. The normalized spacial score (nSPS) is 10.6. The molecule has 0 unspecified atom stereocenters. The first-order valence-electron chi connectivity index (χ1n) is 7.58. The molecule has 0 bridgehead atoms. The van der Waals surface area contributed by atoms with Crippen LogP contribution < -0.4 is 15.8 Å². The van der Waals surface area contributed by atoms with Gasteiger partial charge in [-0.1, -0.05) is 30.3 Å². The summed E-state index contributed by atoms with van der Waals surface area (Å²) in [4.78, 5) is 17.3. The van der Waals surface area contributed by atoms with Gasteiger partial charge in [-0.3, -0.25) is 4.79 Å². The number of carbonyl (C=O) groups is 1. The van der Waals surface area contributed by atoms with Gasteiger partial charge < -0.3 is 20.7 Å². The highest BCUT2D eigenvalue weighted by atomic mass is 127. The van der Waals surface area contributed by atoms with E-state index in [1.807, 2.05) is 54.6 Å². The van der Waals surface area contributed by atoms with E-state index in [2.05, 4.69) is 10.3 Å². The molecule has 0 spiro atoms. The van der Waals surface area contributed by atoms with Crippen LogP contribution >= 0.6 is 24.0 Å². The Kier molecular flexibility index (Phi) is 8.76. The Morgan fingerprint density at radius 3 is 2.56 bits per heavy atom. The van der Waals surface area contributed by atoms with Crippen molar-refractivity contribution in [3.05, 3.63) is 60.2 Å². The van der Waals surface area contributed by atoms with Crippen LogP contribution in [0.15, 0.2) is 59.6 Å². The van der Waals surface area contributed by atoms with Gasteiger partial charge in [-0.25, -0.2) is 4.99 Å². The van der Waals surface area contributed by atoms with Crippen molar-refractivity contribution in [3.8, 4) is 5.75 Å². The third-order valence-electron chi connectivity index (χ3n) is 3.24. The van der Waals surface area contributed by atoms with Crippen molar-refractivity contribution in [3.63, 3.8) is 0 Å². The fourth-order valence-corrected chi connectivity index (χ4v) is 1.89. The SMILES string of the molecule is CN(C)C(=O)COc1cccc(CN=C(N)Nc2ccccc2)c1.I. The zero-order valence-corrected chi connectivity index (χ0v) is 16.6. The van der Waals surface area contributed by atoms with E-state index >= 15 is 0 Å². The molecule has 0 saturated carbocycles. The number of nitrogens with zero attached hydrogens (tertiary/aromatic N) is 2. The molecule has 0 radical (unpaired) electrons. The van der Waals surface area contributed by atoms with Gasteiger partial charge in [0.15, 0.2) is 12.6 Å². The lowest BCUT2D eigenvalue weighted by atomic mass is 10.2. The second-order valence-corrected chi connectivity index (χ2v) is 5.42. The number of anilines is 1. The highest BCUT2D eigenvalue weighted by molar-refractivity contribution is 14.0. The van der Waals surface area contributed by atoms with E-state index in [0.29, 0.717) is 18.3 Å². The number of halogens is 1. The highest BCUT2D eigenvalue weighted by Crippen LogP contribution is 2.14. The summed E-state index contributed by atoms with van der Waals surface area (Å²) in [6.45, 7) is 0.432. The number of benzene rings is 2. The molecule has 1 amide bonds. The summed E-state index contributed by atoms with van der Waals surface area (Å²) in [7, 11) is 3.39. The van der Waals surface area contributed by atoms with Crippen LogP contribution in [-0.4, -0.2) is 37.5 Å². The zero-order chi connectivity index (χ0) is 17.4. The fourth-order valence-electron chi connectivity index (χ4n) is 1.89. The molecule has 3 N–H and O–H groups in total. The molecule has 134 valence electrons. The molecule has 0 saturated heterocycles. The van der Waals surface area contributed by atoms with Gasteiger partial charge in [0.25, 0.3) is 5.91 Å². The summed E-state index contributed by atoms with van der Waals surface area (Å²) in [5.41, 5.74) is 7.71. The topological polar surface area (TPSA) is 80.0 Å². The molecule has 2 rings (SSSR count). The van der Waals surface area contributed by atoms with Crippen LogP contribution in [0.4, 0.5) is 5.69 Å². The van der Waals surface area contributed by atoms with E-state index in [0.717, 1.165) is 11.3 Å². The standard InChI is InChI=1S/C18H22N4O2.HI/c1-22(2)17(23)13-24-16-10-6-7-14(11-16)12-20-18(19)21-15-8-4-3-5-9-15;/h3-11H,12-13H2,1-2H3,(H3,19,20,21);1H. The smallest absolute Gasteiger partial charge is 0.259 e. The number of ether oxygens (including phenoxy) is 1. The van der Waals surface area contributed by atoms with E-state index in [9.17, 15) is 4.79 Å². The van der Waals surface area contributed by atoms with Gasteiger partial charge in [-0.15, -0.1) is 24.0 Å². The maximum atomic E-state index is 11.5. The first-order valence-corrected chi connectivity index (χ1v) is 7.58. The van der Waals surface area contributed by atoms with Gasteiger partial charge in [0.05, 0.1) is 6.54 Å². The average molecular weight is 454 g/mol. The van der Waals surface area contributed by atoms with E-state index in [-0.39, 0.29) is 36.5 Å². The van der Waals surface area contributed by atoms with E-state index in [4.69, 9.17) is 10.5 Å². The number of rotatable bonds is 6. The van der Waals surface area contributed by atoms with Crippen molar-refractivity contribution >= 4 is 41.5 Å². The Balaban J connectivity index is 0.00000312. The van der Waals surface area contributed by atoms with Crippen LogP contribution in [0.1, 0.15) is 5.56 Å². The summed E-state index contributed by atoms with van der Waals surface area (Å²) in [5, 5.41) is 3.03. The summed E-state index contributed by atoms with van der Waals surface area (Å²) < 4.78 is 5.49. The van der Waals surface area contributed by atoms with Gasteiger partial charge in [0.1, 0.15) is 5.75 Å². The molecular weight excluding hydrogens is 431 g/mol. The average Bonchev–Trinajstić information content (AvgIpc) is 2.59. The van der Waals surface area contributed by atoms with Crippen molar-refractivity contribution in [2.24, 2.45) is 10.7 Å². The number of carbonyl (C=O) groups excluding carboxylic acids is 1. The van der Waals surface area contributed by atoms with Crippen molar-refractivity contribution in [2.75, 3.05) is 26.0 Å². The minimum atomic E-state index is -0.0882. The van der Waals surface area contributed by atoms with Gasteiger partial charge in [-0.2, -0.15) is 0 Å². The monoisotopic (exact) mass is 454 g/mol. The number of amides is 1. The Hall–Kier alpha value is -2.29. The maximum Gasteiger partial charge on any atom is 0.259 e. The third kappa shape index (κ3) is 7.42. The third-order valence-corrected chi connectivity index (χ3v) is 3.24. The number of para-hydroxylation sites is 1. The summed E-state index contributed by atoms with van der Waals surface area (Å²) >= 11 is 0. The van der Waals surface area contributed by atoms with Crippen molar-refractivity contribution in [1.82, 2.24) is 4.90 Å². The number of hydrogen-bond acceptors (Lipinski definition) is 3. The van der Waals surface area contributed by atoms with Crippen LogP contribution in [0.2, 0.25) is 0 Å². The molecule has 0 aliphatic carbocycles. The zero-order valence-electron chi connectivity index (χ0n) is 14.3. The predicted molar refractivity (Wildman–Crippen MR) is 111 cm³/mol. The molecule has 2 aromatic rings. The van der Waals surface area contributed by atoms with Crippen molar-refractivity contribution < 1.29 is 9.53 Å².